The number of rotatable bonds is 7. The standard InChI is InChI=1S/C10H24N2Si/c1-6-11(7-2)13(10-5)12(8-3)9-4/h10,13H,5-9H2,1-4H3. The van der Waals surface area contributed by atoms with Crippen molar-refractivity contribution in [2.24, 2.45) is 0 Å². The smallest absolute Gasteiger partial charge is 0.215 e. The first-order valence-corrected chi connectivity index (χ1v) is 7.05. The third-order valence-electron chi connectivity index (χ3n) is 2.58. The third kappa shape index (κ3) is 3.63. The summed E-state index contributed by atoms with van der Waals surface area (Å²) in [6, 6.07) is 0. The zero-order valence-electron chi connectivity index (χ0n) is 9.58. The highest BCUT2D eigenvalue weighted by atomic mass is 28.3. The van der Waals surface area contributed by atoms with Gasteiger partial charge in [0.15, 0.2) is 0 Å². The van der Waals surface area contributed by atoms with Gasteiger partial charge in [-0.05, 0) is 26.2 Å². The summed E-state index contributed by atoms with van der Waals surface area (Å²) in [6.45, 7) is 17.5. The van der Waals surface area contributed by atoms with E-state index in [-0.39, 0.29) is 0 Å². The lowest BCUT2D eigenvalue weighted by Crippen LogP contribution is -2.51. The molecule has 0 N–H and O–H groups in total. The lowest BCUT2D eigenvalue weighted by atomic mass is 10.7. The van der Waals surface area contributed by atoms with Gasteiger partial charge in [-0.15, -0.1) is 6.58 Å². The van der Waals surface area contributed by atoms with Crippen molar-refractivity contribution in [3.05, 3.63) is 12.3 Å². The van der Waals surface area contributed by atoms with E-state index < -0.39 is 9.12 Å². The molecule has 0 unspecified atom stereocenters. The van der Waals surface area contributed by atoms with Crippen molar-refractivity contribution in [3.63, 3.8) is 0 Å². The lowest BCUT2D eigenvalue weighted by Gasteiger charge is -2.34. The zero-order valence-corrected chi connectivity index (χ0v) is 10.7. The van der Waals surface area contributed by atoms with Gasteiger partial charge in [-0.1, -0.05) is 33.4 Å². The van der Waals surface area contributed by atoms with E-state index in [4.69, 9.17) is 0 Å². The van der Waals surface area contributed by atoms with Crippen LogP contribution >= 0.6 is 0 Å². The fourth-order valence-electron chi connectivity index (χ4n) is 1.72. The Kier molecular flexibility index (Phi) is 7.23. The van der Waals surface area contributed by atoms with E-state index in [0.29, 0.717) is 0 Å². The SMILES string of the molecule is C=C[SiH](N(CC)CC)N(CC)CC. The molecular formula is C10H24N2Si. The van der Waals surface area contributed by atoms with Crippen molar-refractivity contribution < 1.29 is 0 Å². The van der Waals surface area contributed by atoms with Crippen LogP contribution in [0.2, 0.25) is 0 Å². The Labute approximate surface area is 85.0 Å². The molecule has 0 rings (SSSR count). The molecule has 0 spiro atoms. The minimum atomic E-state index is -1.01. The number of hydrogen-bond acceptors (Lipinski definition) is 2. The summed E-state index contributed by atoms with van der Waals surface area (Å²) in [5, 5.41) is 0. The molecule has 0 aromatic heterocycles. The first-order valence-electron chi connectivity index (χ1n) is 5.35. The van der Waals surface area contributed by atoms with E-state index in [0.717, 1.165) is 26.2 Å². The molecule has 0 aliphatic carbocycles. The molecule has 0 aliphatic heterocycles. The normalized spacial score (nSPS) is 11.6. The molecule has 0 amide bonds. The highest BCUT2D eigenvalue weighted by Gasteiger charge is 2.19. The molecule has 0 aliphatic rings. The van der Waals surface area contributed by atoms with Crippen molar-refractivity contribution in [3.8, 4) is 0 Å². The number of nitrogens with zero attached hydrogens (tertiary/aromatic N) is 2. The summed E-state index contributed by atoms with van der Waals surface area (Å²) < 4.78 is 5.11. The average molecular weight is 200 g/mol. The largest absolute Gasteiger partial charge is 0.312 e. The minimum Gasteiger partial charge on any atom is -0.312 e. The Hall–Kier alpha value is -0.123. The molecule has 0 bridgehead atoms. The zero-order chi connectivity index (χ0) is 10.3. The highest BCUT2D eigenvalue weighted by molar-refractivity contribution is 6.58. The van der Waals surface area contributed by atoms with Crippen LogP contribution in [0, 0.1) is 0 Å². The first-order chi connectivity index (χ1) is 6.24. The summed E-state index contributed by atoms with van der Waals surface area (Å²) in [5.41, 5.74) is 2.18. The highest BCUT2D eigenvalue weighted by Crippen LogP contribution is 2.02. The van der Waals surface area contributed by atoms with Crippen LogP contribution in [0.4, 0.5) is 0 Å². The van der Waals surface area contributed by atoms with Crippen LogP contribution in [0.15, 0.2) is 12.3 Å². The van der Waals surface area contributed by atoms with Gasteiger partial charge in [0.05, 0.1) is 0 Å². The van der Waals surface area contributed by atoms with Crippen molar-refractivity contribution in [1.82, 2.24) is 9.13 Å². The second-order valence-electron chi connectivity index (χ2n) is 3.09. The van der Waals surface area contributed by atoms with E-state index in [9.17, 15) is 0 Å². The van der Waals surface area contributed by atoms with Gasteiger partial charge in [-0.2, -0.15) is 0 Å². The topological polar surface area (TPSA) is 6.48 Å². The predicted molar refractivity (Wildman–Crippen MR) is 63.2 cm³/mol. The average Bonchev–Trinajstić information content (AvgIpc) is 2.18. The van der Waals surface area contributed by atoms with Crippen molar-refractivity contribution in [1.29, 1.82) is 0 Å². The predicted octanol–water partition coefficient (Wildman–Crippen LogP) is 1.62. The first kappa shape index (κ1) is 12.9. The molecular weight excluding hydrogens is 176 g/mol. The summed E-state index contributed by atoms with van der Waals surface area (Å²) in [4.78, 5) is 0. The van der Waals surface area contributed by atoms with Crippen LogP contribution in [0.5, 0.6) is 0 Å². The fourth-order valence-corrected chi connectivity index (χ4v) is 4.28. The second kappa shape index (κ2) is 7.30. The van der Waals surface area contributed by atoms with Crippen molar-refractivity contribution in [2.75, 3.05) is 26.2 Å². The molecule has 0 saturated heterocycles. The van der Waals surface area contributed by atoms with Gasteiger partial charge in [0.25, 0.3) is 0 Å². The summed E-state index contributed by atoms with van der Waals surface area (Å²) >= 11 is 0. The summed E-state index contributed by atoms with van der Waals surface area (Å²) in [5.74, 6) is 0. The quantitative estimate of drug-likeness (QED) is 0.576. The molecule has 13 heavy (non-hydrogen) atoms. The Morgan fingerprint density at radius 1 is 0.923 bits per heavy atom. The molecule has 0 radical (unpaired) electrons. The molecule has 78 valence electrons. The maximum atomic E-state index is 3.97. The van der Waals surface area contributed by atoms with Crippen LogP contribution in [0.3, 0.4) is 0 Å². The molecule has 2 nitrogen and oxygen atoms in total. The maximum absolute atomic E-state index is 3.97. The van der Waals surface area contributed by atoms with Gasteiger partial charge in [0.2, 0.25) is 9.12 Å². The summed E-state index contributed by atoms with van der Waals surface area (Å²) in [6.07, 6.45) is 0. The monoisotopic (exact) mass is 200 g/mol. The van der Waals surface area contributed by atoms with E-state index in [1.165, 1.54) is 0 Å². The van der Waals surface area contributed by atoms with Gasteiger partial charge in [0.1, 0.15) is 0 Å². The van der Waals surface area contributed by atoms with Crippen molar-refractivity contribution >= 4 is 9.12 Å². The molecule has 0 aromatic rings. The Bertz CT molecular complexity index is 119. The van der Waals surface area contributed by atoms with Gasteiger partial charge >= 0.3 is 0 Å². The Balaban J connectivity index is 4.34. The van der Waals surface area contributed by atoms with Crippen LogP contribution in [0.1, 0.15) is 27.7 Å². The van der Waals surface area contributed by atoms with Gasteiger partial charge < -0.3 is 9.13 Å². The minimum absolute atomic E-state index is 1.01. The van der Waals surface area contributed by atoms with Crippen molar-refractivity contribution in [2.45, 2.75) is 27.7 Å². The Morgan fingerprint density at radius 3 is 1.38 bits per heavy atom. The van der Waals surface area contributed by atoms with Crippen LogP contribution < -0.4 is 0 Å². The van der Waals surface area contributed by atoms with Gasteiger partial charge in [-0.3, -0.25) is 0 Å². The molecule has 0 saturated carbocycles. The van der Waals surface area contributed by atoms with Gasteiger partial charge in [-0.25, -0.2) is 0 Å². The van der Waals surface area contributed by atoms with Gasteiger partial charge in [0, 0.05) is 0 Å². The number of hydrogen-bond donors (Lipinski definition) is 0. The van der Waals surface area contributed by atoms with E-state index in [1.54, 1.807) is 0 Å². The molecule has 0 heterocycles. The fraction of sp³-hybridized carbons (Fsp3) is 0.800. The van der Waals surface area contributed by atoms with Crippen LogP contribution in [-0.2, 0) is 0 Å². The third-order valence-corrected chi connectivity index (χ3v) is 5.96. The molecule has 0 fully saturated rings. The Morgan fingerprint density at radius 2 is 1.23 bits per heavy atom. The van der Waals surface area contributed by atoms with Crippen LogP contribution in [-0.4, -0.2) is 44.4 Å². The lowest BCUT2D eigenvalue weighted by molar-refractivity contribution is 0.387. The van der Waals surface area contributed by atoms with Crippen LogP contribution in [0.25, 0.3) is 0 Å². The maximum Gasteiger partial charge on any atom is 0.215 e. The molecule has 3 heteroatoms. The molecule has 0 aromatic carbocycles. The van der Waals surface area contributed by atoms with E-state index in [1.807, 2.05) is 0 Å². The summed E-state index contributed by atoms with van der Waals surface area (Å²) in [7, 11) is -1.01. The van der Waals surface area contributed by atoms with E-state index >= 15 is 0 Å². The molecule has 0 atom stereocenters. The van der Waals surface area contributed by atoms with E-state index in [2.05, 4.69) is 49.1 Å². The second-order valence-corrected chi connectivity index (χ2v) is 5.85.